The first kappa shape index (κ1) is 14.5. The number of ether oxygens (including phenoxy) is 1. The number of aryl methyl sites for hydroxylation is 1. The van der Waals surface area contributed by atoms with E-state index in [1.165, 1.54) is 0 Å². The van der Waals surface area contributed by atoms with Gasteiger partial charge in [-0.3, -0.25) is 4.18 Å². The van der Waals surface area contributed by atoms with Gasteiger partial charge in [-0.05, 0) is 45.2 Å². The van der Waals surface area contributed by atoms with E-state index in [1.54, 1.807) is 24.3 Å². The molecular weight excluding hydrogens is 264 g/mol. The Morgan fingerprint density at radius 2 is 1.95 bits per heavy atom. The summed E-state index contributed by atoms with van der Waals surface area (Å²) in [6, 6.07) is 6.65. The summed E-state index contributed by atoms with van der Waals surface area (Å²) in [5, 5.41) is 0. The van der Waals surface area contributed by atoms with Gasteiger partial charge >= 0.3 is 0 Å². The summed E-state index contributed by atoms with van der Waals surface area (Å²) in [5.41, 5.74) is 1.02. The van der Waals surface area contributed by atoms with E-state index in [4.69, 9.17) is 8.92 Å². The van der Waals surface area contributed by atoms with Gasteiger partial charge in [0.05, 0.1) is 23.7 Å². The fourth-order valence-electron chi connectivity index (χ4n) is 2.16. The fraction of sp³-hybridized carbons (Fsp3) is 0.571. The van der Waals surface area contributed by atoms with Crippen molar-refractivity contribution >= 4 is 10.1 Å². The molecule has 19 heavy (non-hydrogen) atoms. The van der Waals surface area contributed by atoms with Crippen LogP contribution in [0.1, 0.15) is 31.7 Å². The Balaban J connectivity index is 1.96. The highest BCUT2D eigenvalue weighted by molar-refractivity contribution is 7.86. The third kappa shape index (κ3) is 4.03. The van der Waals surface area contributed by atoms with Crippen molar-refractivity contribution in [3.63, 3.8) is 0 Å². The highest BCUT2D eigenvalue weighted by atomic mass is 32.2. The minimum atomic E-state index is -3.67. The van der Waals surface area contributed by atoms with Crippen LogP contribution >= 0.6 is 0 Å². The number of benzene rings is 1. The Bertz CT molecular complexity index is 507. The lowest BCUT2D eigenvalue weighted by atomic mass is 10.1. The highest BCUT2D eigenvalue weighted by Crippen LogP contribution is 2.20. The molecule has 1 fully saturated rings. The quantitative estimate of drug-likeness (QED) is 0.798. The Kier molecular flexibility index (Phi) is 4.60. The number of hydrogen-bond donors (Lipinski definition) is 0. The molecule has 0 aliphatic carbocycles. The molecule has 1 aliphatic rings. The maximum atomic E-state index is 12.0. The molecule has 0 bridgehead atoms. The summed E-state index contributed by atoms with van der Waals surface area (Å²) >= 11 is 0. The van der Waals surface area contributed by atoms with E-state index in [-0.39, 0.29) is 23.7 Å². The van der Waals surface area contributed by atoms with Gasteiger partial charge in [-0.2, -0.15) is 8.42 Å². The SMILES string of the molecule is Cc1ccc(S(=O)(=O)OC[C@@H]2CCC[C@H](C)O2)cc1. The lowest BCUT2D eigenvalue weighted by molar-refractivity contribution is -0.0577. The second kappa shape index (κ2) is 6.03. The predicted octanol–water partition coefficient (Wildman–Crippen LogP) is 2.66. The van der Waals surface area contributed by atoms with Crippen molar-refractivity contribution in [2.45, 2.75) is 50.2 Å². The topological polar surface area (TPSA) is 52.6 Å². The van der Waals surface area contributed by atoms with Crippen LogP contribution in [0.3, 0.4) is 0 Å². The predicted molar refractivity (Wildman–Crippen MR) is 72.5 cm³/mol. The summed E-state index contributed by atoms with van der Waals surface area (Å²) in [6.45, 7) is 4.01. The van der Waals surface area contributed by atoms with E-state index in [0.717, 1.165) is 24.8 Å². The molecule has 5 heteroatoms. The molecule has 0 saturated carbocycles. The highest BCUT2D eigenvalue weighted by Gasteiger charge is 2.23. The molecule has 2 atom stereocenters. The van der Waals surface area contributed by atoms with Crippen LogP contribution in [-0.4, -0.2) is 27.2 Å². The normalized spacial score (nSPS) is 24.3. The van der Waals surface area contributed by atoms with E-state index in [1.807, 2.05) is 13.8 Å². The zero-order chi connectivity index (χ0) is 13.9. The first-order valence-corrected chi connectivity index (χ1v) is 8.00. The van der Waals surface area contributed by atoms with Crippen molar-refractivity contribution in [2.75, 3.05) is 6.61 Å². The second-order valence-electron chi connectivity index (χ2n) is 5.05. The molecule has 1 heterocycles. The van der Waals surface area contributed by atoms with Gasteiger partial charge in [0.15, 0.2) is 0 Å². The summed E-state index contributed by atoms with van der Waals surface area (Å²) in [7, 11) is -3.67. The van der Waals surface area contributed by atoms with Gasteiger partial charge in [0, 0.05) is 0 Å². The van der Waals surface area contributed by atoms with E-state index >= 15 is 0 Å². The van der Waals surface area contributed by atoms with Gasteiger partial charge in [0.1, 0.15) is 0 Å². The lowest BCUT2D eigenvalue weighted by Gasteiger charge is -2.27. The van der Waals surface area contributed by atoms with Gasteiger partial charge < -0.3 is 4.74 Å². The molecule has 2 rings (SSSR count). The van der Waals surface area contributed by atoms with Crippen LogP contribution in [0.2, 0.25) is 0 Å². The van der Waals surface area contributed by atoms with Crippen molar-refractivity contribution in [1.82, 2.24) is 0 Å². The monoisotopic (exact) mass is 284 g/mol. The first-order valence-electron chi connectivity index (χ1n) is 6.59. The minimum Gasteiger partial charge on any atom is -0.373 e. The van der Waals surface area contributed by atoms with Crippen LogP contribution in [0.5, 0.6) is 0 Å². The molecule has 1 aromatic carbocycles. The van der Waals surface area contributed by atoms with Crippen molar-refractivity contribution in [1.29, 1.82) is 0 Å². The average molecular weight is 284 g/mol. The van der Waals surface area contributed by atoms with Crippen molar-refractivity contribution in [3.8, 4) is 0 Å². The van der Waals surface area contributed by atoms with Crippen LogP contribution < -0.4 is 0 Å². The van der Waals surface area contributed by atoms with Crippen LogP contribution in [0, 0.1) is 6.92 Å². The van der Waals surface area contributed by atoms with E-state index in [2.05, 4.69) is 0 Å². The Hall–Kier alpha value is -0.910. The fourth-order valence-corrected chi connectivity index (χ4v) is 3.10. The maximum absolute atomic E-state index is 12.0. The second-order valence-corrected chi connectivity index (χ2v) is 6.67. The molecule has 0 amide bonds. The standard InChI is InChI=1S/C14H20O4S/c1-11-6-8-14(9-7-11)19(15,16)17-10-13-5-3-4-12(2)18-13/h6-9,12-13H,3-5,10H2,1-2H3/t12-,13-/m0/s1. The minimum absolute atomic E-state index is 0.0978. The van der Waals surface area contributed by atoms with E-state index in [9.17, 15) is 8.42 Å². The number of rotatable bonds is 4. The van der Waals surface area contributed by atoms with Gasteiger partial charge in [0.2, 0.25) is 0 Å². The first-order chi connectivity index (χ1) is 8.97. The van der Waals surface area contributed by atoms with E-state index in [0.29, 0.717) is 0 Å². The smallest absolute Gasteiger partial charge is 0.297 e. The summed E-state index contributed by atoms with van der Waals surface area (Å²) in [4.78, 5) is 0.196. The van der Waals surface area contributed by atoms with E-state index < -0.39 is 10.1 Å². The van der Waals surface area contributed by atoms with Crippen LogP contribution in [0.15, 0.2) is 29.2 Å². The Labute approximate surface area is 114 Å². The van der Waals surface area contributed by atoms with Crippen LogP contribution in [0.4, 0.5) is 0 Å². The number of hydrogen-bond acceptors (Lipinski definition) is 4. The molecule has 0 unspecified atom stereocenters. The molecule has 1 saturated heterocycles. The molecule has 106 valence electrons. The van der Waals surface area contributed by atoms with Crippen LogP contribution in [0.25, 0.3) is 0 Å². The third-order valence-electron chi connectivity index (χ3n) is 3.28. The molecule has 1 aliphatic heterocycles. The molecule has 4 nitrogen and oxygen atoms in total. The largest absolute Gasteiger partial charge is 0.373 e. The summed E-state index contributed by atoms with van der Waals surface area (Å²) in [5.74, 6) is 0. The average Bonchev–Trinajstić information content (AvgIpc) is 2.37. The maximum Gasteiger partial charge on any atom is 0.297 e. The van der Waals surface area contributed by atoms with Gasteiger partial charge in [0.25, 0.3) is 10.1 Å². The van der Waals surface area contributed by atoms with Crippen LogP contribution in [-0.2, 0) is 19.0 Å². The van der Waals surface area contributed by atoms with Gasteiger partial charge in [-0.25, -0.2) is 0 Å². The Morgan fingerprint density at radius 3 is 2.58 bits per heavy atom. The lowest BCUT2D eigenvalue weighted by Crippen LogP contribution is -2.30. The van der Waals surface area contributed by atoms with Gasteiger partial charge in [-0.15, -0.1) is 0 Å². The molecular formula is C14H20O4S. The zero-order valence-electron chi connectivity index (χ0n) is 11.3. The molecule has 0 spiro atoms. The summed E-state index contributed by atoms with van der Waals surface area (Å²) < 4.78 is 34.7. The molecule has 0 aromatic heterocycles. The summed E-state index contributed by atoms with van der Waals surface area (Å²) in [6.07, 6.45) is 3.00. The van der Waals surface area contributed by atoms with Crippen molar-refractivity contribution in [3.05, 3.63) is 29.8 Å². The van der Waals surface area contributed by atoms with Crippen molar-refractivity contribution in [2.24, 2.45) is 0 Å². The van der Waals surface area contributed by atoms with Gasteiger partial charge in [-0.1, -0.05) is 17.7 Å². The third-order valence-corrected chi connectivity index (χ3v) is 4.58. The molecule has 0 N–H and O–H groups in total. The van der Waals surface area contributed by atoms with Crippen molar-refractivity contribution < 1.29 is 17.3 Å². The molecule has 0 radical (unpaired) electrons. The zero-order valence-corrected chi connectivity index (χ0v) is 12.2. The molecule has 1 aromatic rings. The Morgan fingerprint density at radius 1 is 1.26 bits per heavy atom.